The molecule has 1 atom stereocenters. The second-order valence-electron chi connectivity index (χ2n) is 5.56. The molecule has 0 aliphatic heterocycles. The molecule has 1 fully saturated rings. The number of carbonyl (C=O) groups is 2. The average Bonchev–Trinajstić information content (AvgIpc) is 3.35. The van der Waals surface area contributed by atoms with Crippen molar-refractivity contribution in [2.75, 3.05) is 14.1 Å². The van der Waals surface area contributed by atoms with Crippen molar-refractivity contribution in [2.45, 2.75) is 25.8 Å². The van der Waals surface area contributed by atoms with E-state index in [0.29, 0.717) is 17.5 Å². The third-order valence-electron chi connectivity index (χ3n) is 4.08. The van der Waals surface area contributed by atoms with Crippen LogP contribution in [0.2, 0.25) is 0 Å². The summed E-state index contributed by atoms with van der Waals surface area (Å²) in [6.07, 6.45) is 5.83. The van der Waals surface area contributed by atoms with Crippen LogP contribution >= 0.6 is 0 Å². The Morgan fingerprint density at radius 1 is 1.29 bits per heavy atom. The fraction of sp³-hybridized carbons (Fsp3) is 0.412. The van der Waals surface area contributed by atoms with Crippen LogP contribution in [0.5, 0.6) is 0 Å². The topological polar surface area (TPSA) is 49.4 Å². The molecule has 1 aliphatic carbocycles. The van der Waals surface area contributed by atoms with Gasteiger partial charge in [0.25, 0.3) is 5.91 Å². The molecule has 1 aliphatic rings. The molecule has 0 spiro atoms. The molecule has 4 heteroatoms. The van der Waals surface area contributed by atoms with E-state index in [4.69, 9.17) is 0 Å². The third kappa shape index (κ3) is 3.94. The largest absolute Gasteiger partial charge is 0.355 e. The third-order valence-corrected chi connectivity index (χ3v) is 4.08. The van der Waals surface area contributed by atoms with Crippen molar-refractivity contribution in [2.24, 2.45) is 5.92 Å². The number of hydrogen-bond donors (Lipinski definition) is 1. The van der Waals surface area contributed by atoms with Crippen molar-refractivity contribution in [3.63, 3.8) is 0 Å². The summed E-state index contributed by atoms with van der Waals surface area (Å²) in [6, 6.07) is 7.47. The SMILES string of the molecule is CNC(=O)c1ccc(/C=C/C(=O)N(C)C(C)C2CC2)cc1. The van der Waals surface area contributed by atoms with Gasteiger partial charge in [0.2, 0.25) is 5.91 Å². The number of carbonyl (C=O) groups excluding carboxylic acids is 2. The molecule has 2 rings (SSSR count). The number of likely N-dealkylation sites (N-methyl/N-ethyl adjacent to an activating group) is 1. The fourth-order valence-electron chi connectivity index (χ4n) is 2.27. The van der Waals surface area contributed by atoms with Crippen LogP contribution in [0, 0.1) is 5.92 Å². The number of nitrogens with zero attached hydrogens (tertiary/aromatic N) is 1. The summed E-state index contributed by atoms with van der Waals surface area (Å²) in [7, 11) is 3.45. The van der Waals surface area contributed by atoms with Gasteiger partial charge < -0.3 is 10.2 Å². The van der Waals surface area contributed by atoms with Crippen LogP contribution in [0.1, 0.15) is 35.7 Å². The zero-order valence-corrected chi connectivity index (χ0v) is 12.8. The number of nitrogens with one attached hydrogen (secondary N) is 1. The molecule has 1 unspecified atom stereocenters. The Bertz CT molecular complexity index is 544. The van der Waals surface area contributed by atoms with E-state index in [9.17, 15) is 9.59 Å². The maximum Gasteiger partial charge on any atom is 0.251 e. The van der Waals surface area contributed by atoms with Crippen LogP contribution in [-0.4, -0.2) is 36.9 Å². The van der Waals surface area contributed by atoms with E-state index in [0.717, 1.165) is 5.56 Å². The second-order valence-corrected chi connectivity index (χ2v) is 5.56. The maximum atomic E-state index is 12.1. The molecular weight excluding hydrogens is 264 g/mol. The molecule has 112 valence electrons. The fourth-order valence-corrected chi connectivity index (χ4v) is 2.27. The van der Waals surface area contributed by atoms with Crippen LogP contribution in [0.3, 0.4) is 0 Å². The summed E-state index contributed by atoms with van der Waals surface area (Å²) in [5, 5.41) is 2.58. The first kappa shape index (κ1) is 15.3. The minimum atomic E-state index is -0.111. The standard InChI is InChI=1S/C17H22N2O2/c1-12(14-9-10-14)19(3)16(20)11-6-13-4-7-15(8-5-13)17(21)18-2/h4-8,11-12,14H,9-10H2,1-3H3,(H,18,21)/b11-6+. The molecule has 1 N–H and O–H groups in total. The van der Waals surface area contributed by atoms with Crippen molar-refractivity contribution in [3.8, 4) is 0 Å². The first-order chi connectivity index (χ1) is 10.0. The van der Waals surface area contributed by atoms with Crippen LogP contribution in [0.15, 0.2) is 30.3 Å². The van der Waals surface area contributed by atoms with Gasteiger partial charge in [-0.3, -0.25) is 9.59 Å². The van der Waals surface area contributed by atoms with E-state index in [2.05, 4.69) is 12.2 Å². The first-order valence-corrected chi connectivity index (χ1v) is 7.30. The van der Waals surface area contributed by atoms with Gasteiger partial charge in [-0.05, 0) is 49.5 Å². The number of rotatable bonds is 5. The molecule has 2 amide bonds. The summed E-state index contributed by atoms with van der Waals surface area (Å²) in [5.74, 6) is 0.573. The summed E-state index contributed by atoms with van der Waals surface area (Å²) < 4.78 is 0. The minimum absolute atomic E-state index is 0.0183. The molecule has 0 aromatic heterocycles. The molecule has 1 aromatic carbocycles. The van der Waals surface area contributed by atoms with Crippen molar-refractivity contribution in [1.29, 1.82) is 0 Å². The Balaban J connectivity index is 1.96. The van der Waals surface area contributed by atoms with Crippen LogP contribution in [0.25, 0.3) is 6.08 Å². The zero-order valence-electron chi connectivity index (χ0n) is 12.8. The first-order valence-electron chi connectivity index (χ1n) is 7.30. The van der Waals surface area contributed by atoms with Gasteiger partial charge in [0.15, 0.2) is 0 Å². The Kier molecular flexibility index (Phi) is 4.78. The Labute approximate surface area is 125 Å². The quantitative estimate of drug-likeness (QED) is 0.845. The minimum Gasteiger partial charge on any atom is -0.355 e. The van der Waals surface area contributed by atoms with E-state index < -0.39 is 0 Å². The lowest BCUT2D eigenvalue weighted by molar-refractivity contribution is -0.126. The van der Waals surface area contributed by atoms with Crippen molar-refractivity contribution in [3.05, 3.63) is 41.5 Å². The molecular formula is C17H22N2O2. The van der Waals surface area contributed by atoms with Crippen molar-refractivity contribution in [1.82, 2.24) is 10.2 Å². The molecule has 0 saturated heterocycles. The van der Waals surface area contributed by atoms with E-state index in [-0.39, 0.29) is 11.8 Å². The zero-order chi connectivity index (χ0) is 15.4. The molecule has 21 heavy (non-hydrogen) atoms. The van der Waals surface area contributed by atoms with Crippen LogP contribution in [0.4, 0.5) is 0 Å². The summed E-state index contributed by atoms with van der Waals surface area (Å²) in [4.78, 5) is 25.3. The van der Waals surface area contributed by atoms with E-state index in [1.807, 2.05) is 19.2 Å². The van der Waals surface area contributed by atoms with E-state index in [1.54, 1.807) is 36.2 Å². The average molecular weight is 286 g/mol. The number of hydrogen-bond acceptors (Lipinski definition) is 2. The normalized spacial score (nSPS) is 15.8. The molecule has 0 heterocycles. The monoisotopic (exact) mass is 286 g/mol. The molecule has 0 bridgehead atoms. The summed E-state index contributed by atoms with van der Waals surface area (Å²) in [6.45, 7) is 2.10. The van der Waals surface area contributed by atoms with E-state index in [1.165, 1.54) is 12.8 Å². The summed E-state index contributed by atoms with van der Waals surface area (Å²) in [5.41, 5.74) is 1.52. The highest BCUT2D eigenvalue weighted by Gasteiger charge is 2.31. The predicted octanol–water partition coefficient (Wildman–Crippen LogP) is 2.32. The van der Waals surface area contributed by atoms with Gasteiger partial charge in [-0.1, -0.05) is 12.1 Å². The lowest BCUT2D eigenvalue weighted by Gasteiger charge is -2.23. The van der Waals surface area contributed by atoms with Crippen LogP contribution in [-0.2, 0) is 4.79 Å². The molecule has 1 saturated carbocycles. The number of amides is 2. The highest BCUT2D eigenvalue weighted by Crippen LogP contribution is 2.34. The smallest absolute Gasteiger partial charge is 0.251 e. The number of benzene rings is 1. The summed E-state index contributed by atoms with van der Waals surface area (Å²) >= 11 is 0. The highest BCUT2D eigenvalue weighted by molar-refractivity contribution is 5.94. The Hall–Kier alpha value is -2.10. The molecule has 1 aromatic rings. The Morgan fingerprint density at radius 2 is 1.90 bits per heavy atom. The highest BCUT2D eigenvalue weighted by atomic mass is 16.2. The van der Waals surface area contributed by atoms with Gasteiger partial charge in [-0.25, -0.2) is 0 Å². The van der Waals surface area contributed by atoms with E-state index >= 15 is 0 Å². The Morgan fingerprint density at radius 3 is 2.43 bits per heavy atom. The van der Waals surface area contributed by atoms with Gasteiger partial charge in [-0.15, -0.1) is 0 Å². The lowest BCUT2D eigenvalue weighted by Crippen LogP contribution is -2.35. The maximum absolute atomic E-state index is 12.1. The molecule has 0 radical (unpaired) electrons. The van der Waals surface area contributed by atoms with Gasteiger partial charge in [0.05, 0.1) is 0 Å². The van der Waals surface area contributed by atoms with Gasteiger partial charge in [0.1, 0.15) is 0 Å². The van der Waals surface area contributed by atoms with Gasteiger partial charge in [-0.2, -0.15) is 0 Å². The lowest BCUT2D eigenvalue weighted by atomic mass is 10.1. The van der Waals surface area contributed by atoms with Crippen molar-refractivity contribution >= 4 is 17.9 Å². The van der Waals surface area contributed by atoms with Crippen molar-refractivity contribution < 1.29 is 9.59 Å². The predicted molar refractivity (Wildman–Crippen MR) is 83.8 cm³/mol. The van der Waals surface area contributed by atoms with Gasteiger partial charge in [0, 0.05) is 31.8 Å². The van der Waals surface area contributed by atoms with Crippen LogP contribution < -0.4 is 5.32 Å². The molecule has 4 nitrogen and oxygen atoms in total. The second kappa shape index (κ2) is 6.57. The van der Waals surface area contributed by atoms with Gasteiger partial charge >= 0.3 is 0 Å².